The molecule has 108 valence electrons. The average Bonchev–Trinajstić information content (AvgIpc) is 2.56. The highest BCUT2D eigenvalue weighted by molar-refractivity contribution is 8.01. The van der Waals surface area contributed by atoms with E-state index < -0.39 is 5.41 Å². The second-order valence-electron chi connectivity index (χ2n) is 5.05. The molecule has 0 aliphatic heterocycles. The summed E-state index contributed by atoms with van der Waals surface area (Å²) in [5.74, 6) is 0. The zero-order valence-corrected chi connectivity index (χ0v) is 13.4. The Balaban J connectivity index is 2.58. The van der Waals surface area contributed by atoms with Crippen LogP contribution in [-0.2, 0) is 0 Å². The van der Waals surface area contributed by atoms with Crippen molar-refractivity contribution in [1.82, 2.24) is 0 Å². The summed E-state index contributed by atoms with van der Waals surface area (Å²) in [7, 11) is 0. The molecule has 0 aliphatic carbocycles. The van der Waals surface area contributed by atoms with Crippen LogP contribution >= 0.6 is 11.8 Å². The summed E-state index contributed by atoms with van der Waals surface area (Å²) in [6.45, 7) is 5.85. The van der Waals surface area contributed by atoms with Crippen LogP contribution in [0, 0.1) is 28.1 Å². The fraction of sp³-hybridized carbons (Fsp3) is 0.158. The van der Waals surface area contributed by atoms with Crippen LogP contribution in [0.3, 0.4) is 0 Å². The van der Waals surface area contributed by atoms with E-state index in [2.05, 4.69) is 18.7 Å². The number of hydrogen-bond donors (Lipinski definition) is 0. The van der Waals surface area contributed by atoms with Gasteiger partial charge < -0.3 is 0 Å². The molecule has 0 fully saturated rings. The molecule has 0 atom stereocenters. The summed E-state index contributed by atoms with van der Waals surface area (Å²) in [4.78, 5) is 0. The Bertz CT molecular complexity index is 820. The molecule has 0 aliphatic rings. The summed E-state index contributed by atoms with van der Waals surface area (Å²) in [5.41, 5.74) is 0.704. The van der Waals surface area contributed by atoms with Gasteiger partial charge in [-0.2, -0.15) is 10.5 Å². The van der Waals surface area contributed by atoms with E-state index >= 15 is 0 Å². The fourth-order valence-electron chi connectivity index (χ4n) is 2.43. The van der Waals surface area contributed by atoms with Gasteiger partial charge in [0.05, 0.1) is 12.1 Å². The first kappa shape index (κ1) is 15.9. The Kier molecular flexibility index (Phi) is 4.71. The SMILES string of the molecule is C=C(c1ccc2ccccc2c1)C(C#N)(C#N)/C(C)=C/SC. The van der Waals surface area contributed by atoms with E-state index in [0.29, 0.717) is 11.1 Å². The number of nitrogens with zero attached hydrogens (tertiary/aromatic N) is 2. The lowest BCUT2D eigenvalue weighted by molar-refractivity contribution is 0.817. The van der Waals surface area contributed by atoms with Gasteiger partial charge in [-0.05, 0) is 52.1 Å². The molecule has 2 aromatic carbocycles. The third-order valence-corrected chi connectivity index (χ3v) is 4.36. The summed E-state index contributed by atoms with van der Waals surface area (Å²) in [6, 6.07) is 18.2. The minimum Gasteiger partial charge on any atom is -0.196 e. The standard InChI is InChI=1S/C19H16N2S/c1-14(11-22-3)19(12-20,13-21)15(2)17-9-8-16-6-4-5-7-18(16)10-17/h4-11H,2H2,1,3H3/b14-11+. The highest BCUT2D eigenvalue weighted by atomic mass is 32.2. The van der Waals surface area contributed by atoms with Crippen LogP contribution in [0.25, 0.3) is 16.3 Å². The molecule has 0 saturated heterocycles. The number of rotatable bonds is 4. The second-order valence-corrected chi connectivity index (χ2v) is 5.76. The van der Waals surface area contributed by atoms with Crippen LogP contribution in [0.15, 0.2) is 60.0 Å². The first-order valence-corrected chi connectivity index (χ1v) is 8.09. The van der Waals surface area contributed by atoms with E-state index in [0.717, 1.165) is 16.3 Å². The van der Waals surface area contributed by atoms with Gasteiger partial charge >= 0.3 is 0 Å². The van der Waals surface area contributed by atoms with E-state index in [1.807, 2.05) is 54.1 Å². The lowest BCUT2D eigenvalue weighted by Gasteiger charge is -2.23. The Labute approximate surface area is 135 Å². The maximum atomic E-state index is 9.64. The van der Waals surface area contributed by atoms with Gasteiger partial charge in [0, 0.05) is 0 Å². The molecule has 0 unspecified atom stereocenters. The molecule has 0 heterocycles. The summed E-state index contributed by atoms with van der Waals surface area (Å²) in [6.07, 6.45) is 1.90. The first-order valence-electron chi connectivity index (χ1n) is 6.80. The maximum Gasteiger partial charge on any atom is 0.190 e. The van der Waals surface area contributed by atoms with Crippen molar-refractivity contribution in [3.8, 4) is 12.1 Å². The monoisotopic (exact) mass is 304 g/mol. The summed E-state index contributed by atoms with van der Waals surface area (Å²) < 4.78 is 0. The van der Waals surface area contributed by atoms with Gasteiger partial charge in [-0.25, -0.2) is 0 Å². The van der Waals surface area contributed by atoms with Crippen molar-refractivity contribution in [3.05, 3.63) is 65.6 Å². The number of thioether (sulfide) groups is 1. The zero-order valence-electron chi connectivity index (χ0n) is 12.6. The molecule has 0 radical (unpaired) electrons. The Hall–Kier alpha value is -2.49. The molecule has 0 bridgehead atoms. The van der Waals surface area contributed by atoms with Crippen molar-refractivity contribution >= 4 is 28.1 Å². The second kappa shape index (κ2) is 6.52. The van der Waals surface area contributed by atoms with Gasteiger partial charge in [0.15, 0.2) is 5.41 Å². The van der Waals surface area contributed by atoms with E-state index in [1.165, 1.54) is 11.8 Å². The molecule has 3 heteroatoms. The third-order valence-electron chi connectivity index (χ3n) is 3.77. The molecule has 2 aromatic rings. The van der Waals surface area contributed by atoms with E-state index in [-0.39, 0.29) is 0 Å². The van der Waals surface area contributed by atoms with Crippen molar-refractivity contribution in [2.45, 2.75) is 6.92 Å². The molecule has 0 aromatic heterocycles. The molecule has 0 amide bonds. The van der Waals surface area contributed by atoms with Crippen LogP contribution in [0.2, 0.25) is 0 Å². The minimum atomic E-state index is -1.33. The number of allylic oxidation sites excluding steroid dienone is 2. The molecule has 0 spiro atoms. The lowest BCUT2D eigenvalue weighted by Crippen LogP contribution is -2.19. The molecular formula is C19H16N2S. The molecule has 0 saturated carbocycles. The quantitative estimate of drug-likeness (QED) is 0.784. The third kappa shape index (κ3) is 2.64. The smallest absolute Gasteiger partial charge is 0.190 e. The number of fused-ring (bicyclic) bond motifs is 1. The van der Waals surface area contributed by atoms with Crippen LogP contribution in [0.4, 0.5) is 0 Å². The Morgan fingerprint density at radius 2 is 1.77 bits per heavy atom. The normalized spacial score (nSPS) is 11.7. The van der Waals surface area contributed by atoms with Crippen molar-refractivity contribution in [2.24, 2.45) is 5.41 Å². The van der Waals surface area contributed by atoms with Crippen LogP contribution in [-0.4, -0.2) is 6.26 Å². The van der Waals surface area contributed by atoms with E-state index in [9.17, 15) is 10.5 Å². The van der Waals surface area contributed by atoms with E-state index in [4.69, 9.17) is 0 Å². The first-order chi connectivity index (χ1) is 10.6. The molecule has 0 N–H and O–H groups in total. The minimum absolute atomic E-state index is 0.519. The number of hydrogen-bond acceptors (Lipinski definition) is 3. The Morgan fingerprint density at radius 3 is 2.36 bits per heavy atom. The van der Waals surface area contributed by atoms with Gasteiger partial charge in [-0.1, -0.05) is 43.0 Å². The molecule has 2 rings (SSSR count). The topological polar surface area (TPSA) is 47.6 Å². The fourth-order valence-corrected chi connectivity index (χ4v) is 2.96. The van der Waals surface area contributed by atoms with E-state index in [1.54, 1.807) is 6.92 Å². The molecule has 22 heavy (non-hydrogen) atoms. The van der Waals surface area contributed by atoms with Gasteiger partial charge in [0.1, 0.15) is 0 Å². The van der Waals surface area contributed by atoms with Crippen LogP contribution < -0.4 is 0 Å². The summed E-state index contributed by atoms with van der Waals surface area (Å²) >= 11 is 1.48. The van der Waals surface area contributed by atoms with Crippen LogP contribution in [0.1, 0.15) is 12.5 Å². The van der Waals surface area contributed by atoms with Crippen molar-refractivity contribution in [3.63, 3.8) is 0 Å². The van der Waals surface area contributed by atoms with Gasteiger partial charge in [-0.15, -0.1) is 11.8 Å². The highest BCUT2D eigenvalue weighted by Gasteiger charge is 2.36. The van der Waals surface area contributed by atoms with Crippen LogP contribution in [0.5, 0.6) is 0 Å². The van der Waals surface area contributed by atoms with Crippen molar-refractivity contribution in [2.75, 3.05) is 6.26 Å². The summed E-state index contributed by atoms with van der Waals surface area (Å²) in [5, 5.41) is 23.3. The molecular weight excluding hydrogens is 288 g/mol. The predicted molar refractivity (Wildman–Crippen MR) is 93.9 cm³/mol. The highest BCUT2D eigenvalue weighted by Crippen LogP contribution is 2.40. The van der Waals surface area contributed by atoms with Crippen molar-refractivity contribution < 1.29 is 0 Å². The van der Waals surface area contributed by atoms with Gasteiger partial charge in [0.25, 0.3) is 0 Å². The van der Waals surface area contributed by atoms with Gasteiger partial charge in [0.2, 0.25) is 0 Å². The number of nitriles is 2. The largest absolute Gasteiger partial charge is 0.196 e. The average molecular weight is 304 g/mol. The lowest BCUT2D eigenvalue weighted by atomic mass is 9.75. The molecule has 2 nitrogen and oxygen atoms in total. The van der Waals surface area contributed by atoms with Crippen molar-refractivity contribution in [1.29, 1.82) is 10.5 Å². The van der Waals surface area contributed by atoms with Gasteiger partial charge in [-0.3, -0.25) is 0 Å². The predicted octanol–water partition coefficient (Wildman–Crippen LogP) is 5.15. The number of benzene rings is 2. The maximum absolute atomic E-state index is 9.64. The Morgan fingerprint density at radius 1 is 1.14 bits per heavy atom. The zero-order chi connectivity index (χ0) is 16.2.